The van der Waals surface area contributed by atoms with Crippen molar-refractivity contribution in [3.63, 3.8) is 0 Å². The van der Waals surface area contributed by atoms with Crippen molar-refractivity contribution in [2.24, 2.45) is 7.05 Å². The number of ether oxygens (including phenoxy) is 1. The minimum absolute atomic E-state index is 0.0901. The number of furan rings is 1. The summed E-state index contributed by atoms with van der Waals surface area (Å²) in [4.78, 5) is 14.4. The van der Waals surface area contributed by atoms with Crippen LogP contribution in [0.15, 0.2) is 16.8 Å². The van der Waals surface area contributed by atoms with Crippen molar-refractivity contribution in [3.8, 4) is 0 Å². The summed E-state index contributed by atoms with van der Waals surface area (Å²) in [6.07, 6.45) is 2.15. The summed E-state index contributed by atoms with van der Waals surface area (Å²) in [7, 11) is 1.86. The molecule has 0 unspecified atom stereocenters. The molecule has 1 fully saturated rings. The summed E-state index contributed by atoms with van der Waals surface area (Å²) in [5.41, 5.74) is 0.878. The molecule has 3 heterocycles. The van der Waals surface area contributed by atoms with Crippen molar-refractivity contribution in [1.29, 1.82) is 0 Å². The molecule has 0 radical (unpaired) electrons. The van der Waals surface area contributed by atoms with Gasteiger partial charge in [-0.2, -0.15) is 0 Å². The minimum Gasteiger partial charge on any atom is -0.456 e. The first-order chi connectivity index (χ1) is 10.6. The Morgan fingerprint density at radius 3 is 2.95 bits per heavy atom. The Hall–Kier alpha value is -2.15. The average Bonchev–Trinajstić information content (AvgIpc) is 3.12. The zero-order valence-corrected chi connectivity index (χ0v) is 13.1. The Balaban J connectivity index is 1.78. The number of amides is 1. The number of rotatable bonds is 3. The number of carbonyl (C=O) groups excluding carboxylic acids is 1. The van der Waals surface area contributed by atoms with Crippen LogP contribution < -0.4 is 0 Å². The third kappa shape index (κ3) is 2.64. The van der Waals surface area contributed by atoms with E-state index < -0.39 is 0 Å². The third-order valence-corrected chi connectivity index (χ3v) is 3.90. The molecule has 0 saturated carbocycles. The number of carbonyl (C=O) groups is 1. The summed E-state index contributed by atoms with van der Waals surface area (Å²) >= 11 is 0. The van der Waals surface area contributed by atoms with Gasteiger partial charge in [-0.1, -0.05) is 6.92 Å². The van der Waals surface area contributed by atoms with Gasteiger partial charge in [0, 0.05) is 25.6 Å². The van der Waals surface area contributed by atoms with E-state index in [4.69, 9.17) is 9.15 Å². The molecule has 3 rings (SSSR count). The SMILES string of the molecule is CCc1cc(C)c(C(=O)N2CCO[C@@H](c3nncn3C)C2)o1. The molecule has 0 N–H and O–H groups in total. The van der Waals surface area contributed by atoms with E-state index in [2.05, 4.69) is 10.2 Å². The molecule has 7 nitrogen and oxygen atoms in total. The van der Waals surface area contributed by atoms with Crippen LogP contribution in [0.1, 0.15) is 40.7 Å². The van der Waals surface area contributed by atoms with Crippen LogP contribution in [0, 0.1) is 6.92 Å². The molecule has 2 aromatic rings. The second-order valence-corrected chi connectivity index (χ2v) is 5.49. The van der Waals surface area contributed by atoms with Gasteiger partial charge in [-0.3, -0.25) is 4.79 Å². The van der Waals surface area contributed by atoms with Gasteiger partial charge in [0.25, 0.3) is 5.91 Å². The molecular weight excluding hydrogens is 284 g/mol. The first-order valence-corrected chi connectivity index (χ1v) is 7.44. The van der Waals surface area contributed by atoms with E-state index in [1.165, 1.54) is 0 Å². The van der Waals surface area contributed by atoms with Gasteiger partial charge in [-0.15, -0.1) is 10.2 Å². The van der Waals surface area contributed by atoms with E-state index >= 15 is 0 Å². The summed E-state index contributed by atoms with van der Waals surface area (Å²) in [5, 5.41) is 7.93. The Labute approximate surface area is 128 Å². The van der Waals surface area contributed by atoms with E-state index in [1.807, 2.05) is 31.5 Å². The molecule has 118 valence electrons. The Morgan fingerprint density at radius 2 is 2.32 bits per heavy atom. The first kappa shape index (κ1) is 14.8. The molecule has 1 saturated heterocycles. The van der Waals surface area contributed by atoms with Gasteiger partial charge in [0.05, 0.1) is 13.2 Å². The van der Waals surface area contributed by atoms with Crippen LogP contribution in [-0.2, 0) is 18.2 Å². The summed E-state index contributed by atoms with van der Waals surface area (Å²) in [6.45, 7) is 5.38. The van der Waals surface area contributed by atoms with Crippen LogP contribution in [0.5, 0.6) is 0 Å². The quantitative estimate of drug-likeness (QED) is 0.859. The van der Waals surface area contributed by atoms with Crippen LogP contribution in [-0.4, -0.2) is 45.3 Å². The molecule has 0 aliphatic carbocycles. The Bertz CT molecular complexity index is 676. The molecule has 1 atom stereocenters. The lowest BCUT2D eigenvalue weighted by molar-refractivity contribution is -0.0290. The van der Waals surface area contributed by atoms with Gasteiger partial charge in [-0.05, 0) is 13.0 Å². The maximum absolute atomic E-state index is 12.7. The molecule has 1 aliphatic rings. The second-order valence-electron chi connectivity index (χ2n) is 5.49. The normalized spacial score (nSPS) is 18.7. The van der Waals surface area contributed by atoms with Crippen LogP contribution >= 0.6 is 0 Å². The summed E-state index contributed by atoms with van der Waals surface area (Å²) in [5.74, 6) is 1.89. The fraction of sp³-hybridized carbons (Fsp3) is 0.533. The zero-order valence-electron chi connectivity index (χ0n) is 13.1. The molecule has 0 bridgehead atoms. The minimum atomic E-state index is -0.258. The van der Waals surface area contributed by atoms with Gasteiger partial charge in [0.1, 0.15) is 18.2 Å². The lowest BCUT2D eigenvalue weighted by Crippen LogP contribution is -2.43. The molecule has 1 aliphatic heterocycles. The number of nitrogens with zero attached hydrogens (tertiary/aromatic N) is 4. The van der Waals surface area contributed by atoms with E-state index in [0.717, 1.165) is 23.6 Å². The van der Waals surface area contributed by atoms with E-state index in [9.17, 15) is 4.79 Å². The Morgan fingerprint density at radius 1 is 1.50 bits per heavy atom. The third-order valence-electron chi connectivity index (χ3n) is 3.90. The number of aryl methyl sites for hydroxylation is 3. The van der Waals surface area contributed by atoms with Gasteiger partial charge >= 0.3 is 0 Å². The number of aromatic nitrogens is 3. The van der Waals surface area contributed by atoms with Crippen LogP contribution in [0.25, 0.3) is 0 Å². The van der Waals surface area contributed by atoms with Gasteiger partial charge < -0.3 is 18.6 Å². The largest absolute Gasteiger partial charge is 0.456 e. The molecule has 2 aromatic heterocycles. The summed E-state index contributed by atoms with van der Waals surface area (Å²) < 4.78 is 13.2. The highest BCUT2D eigenvalue weighted by Gasteiger charge is 2.30. The first-order valence-electron chi connectivity index (χ1n) is 7.44. The van der Waals surface area contributed by atoms with E-state index in [0.29, 0.717) is 25.5 Å². The number of hydrogen-bond donors (Lipinski definition) is 0. The van der Waals surface area contributed by atoms with Gasteiger partial charge in [0.2, 0.25) is 0 Å². The van der Waals surface area contributed by atoms with Crippen molar-refractivity contribution in [3.05, 3.63) is 35.3 Å². The van der Waals surface area contributed by atoms with Crippen LogP contribution in [0.3, 0.4) is 0 Å². The van der Waals surface area contributed by atoms with Crippen molar-refractivity contribution >= 4 is 5.91 Å². The molecule has 0 spiro atoms. The molecular formula is C15H20N4O3. The van der Waals surface area contributed by atoms with E-state index in [1.54, 1.807) is 11.2 Å². The monoisotopic (exact) mass is 304 g/mol. The highest BCUT2D eigenvalue weighted by molar-refractivity contribution is 5.93. The summed E-state index contributed by atoms with van der Waals surface area (Å²) in [6, 6.07) is 1.92. The Kier molecular flexibility index (Phi) is 3.98. The topological polar surface area (TPSA) is 73.4 Å². The smallest absolute Gasteiger partial charge is 0.290 e. The number of hydrogen-bond acceptors (Lipinski definition) is 5. The molecule has 1 amide bonds. The van der Waals surface area contributed by atoms with Gasteiger partial charge in [-0.25, -0.2) is 0 Å². The van der Waals surface area contributed by atoms with Gasteiger partial charge in [0.15, 0.2) is 11.6 Å². The molecule has 7 heteroatoms. The fourth-order valence-electron chi connectivity index (χ4n) is 2.65. The van der Waals surface area contributed by atoms with E-state index in [-0.39, 0.29) is 12.0 Å². The second kappa shape index (κ2) is 5.92. The fourth-order valence-corrected chi connectivity index (χ4v) is 2.65. The standard InChI is InChI=1S/C15H20N4O3/c1-4-11-7-10(2)13(22-11)15(20)19-5-6-21-12(8-19)14-17-16-9-18(14)3/h7,9,12H,4-6,8H2,1-3H3/t12-/m1/s1. The van der Waals surface area contributed by atoms with Crippen molar-refractivity contribution in [2.45, 2.75) is 26.4 Å². The van der Waals surface area contributed by atoms with Crippen LogP contribution in [0.4, 0.5) is 0 Å². The maximum atomic E-state index is 12.7. The molecule has 0 aromatic carbocycles. The zero-order chi connectivity index (χ0) is 15.7. The average molecular weight is 304 g/mol. The van der Waals surface area contributed by atoms with Crippen molar-refractivity contribution < 1.29 is 13.9 Å². The van der Waals surface area contributed by atoms with Crippen LogP contribution in [0.2, 0.25) is 0 Å². The lowest BCUT2D eigenvalue weighted by atomic mass is 10.2. The highest BCUT2D eigenvalue weighted by Crippen LogP contribution is 2.23. The molecule has 22 heavy (non-hydrogen) atoms. The lowest BCUT2D eigenvalue weighted by Gasteiger charge is -2.31. The van der Waals surface area contributed by atoms with Crippen molar-refractivity contribution in [2.75, 3.05) is 19.7 Å². The maximum Gasteiger partial charge on any atom is 0.290 e. The van der Waals surface area contributed by atoms with Crippen molar-refractivity contribution in [1.82, 2.24) is 19.7 Å². The predicted octanol–water partition coefficient (Wildman–Crippen LogP) is 1.49. The number of morpholine rings is 1. The predicted molar refractivity (Wildman–Crippen MR) is 78.4 cm³/mol. The highest BCUT2D eigenvalue weighted by atomic mass is 16.5.